The fraction of sp³-hybridized carbons (Fsp3) is 0.294. The van der Waals surface area contributed by atoms with Gasteiger partial charge in [-0.15, -0.1) is 0 Å². The van der Waals surface area contributed by atoms with E-state index in [2.05, 4.69) is 20.4 Å². The fourth-order valence-corrected chi connectivity index (χ4v) is 2.75. The number of hydrogen-bond acceptors (Lipinski definition) is 4. The quantitative estimate of drug-likeness (QED) is 0.765. The van der Waals surface area contributed by atoms with E-state index in [1.807, 2.05) is 39.8 Å². The summed E-state index contributed by atoms with van der Waals surface area (Å²) >= 11 is 0. The summed E-state index contributed by atoms with van der Waals surface area (Å²) in [6.45, 7) is 7.54. The number of fused-ring (bicyclic) bond motifs is 1. The molecule has 0 aliphatic heterocycles. The van der Waals surface area contributed by atoms with Crippen molar-refractivity contribution in [2.75, 3.05) is 0 Å². The normalized spacial score (nSPS) is 11.0. The third-order valence-corrected chi connectivity index (χ3v) is 4.01. The van der Waals surface area contributed by atoms with E-state index in [-0.39, 0.29) is 18.0 Å². The zero-order valence-electron chi connectivity index (χ0n) is 14.1. The zero-order chi connectivity index (χ0) is 17.4. The molecule has 3 heterocycles. The first-order valence-electron chi connectivity index (χ1n) is 7.66. The smallest absolute Gasteiger partial charge is 0.254 e. The molecule has 0 saturated heterocycles. The van der Waals surface area contributed by atoms with Crippen LogP contribution in [-0.4, -0.2) is 25.5 Å². The van der Waals surface area contributed by atoms with Gasteiger partial charge < -0.3 is 10.3 Å². The van der Waals surface area contributed by atoms with Crippen LogP contribution in [-0.2, 0) is 6.54 Å². The Bertz CT molecular complexity index is 1000. The second-order valence-corrected chi connectivity index (χ2v) is 5.94. The Kier molecular flexibility index (Phi) is 3.92. The molecule has 0 atom stereocenters. The number of H-pyrrole nitrogens is 1. The average molecular weight is 325 g/mol. The number of aromatic nitrogens is 4. The first-order valence-corrected chi connectivity index (χ1v) is 7.66. The van der Waals surface area contributed by atoms with Crippen molar-refractivity contribution in [2.45, 2.75) is 34.2 Å². The lowest BCUT2D eigenvalue weighted by molar-refractivity contribution is 0.0949. The fourth-order valence-electron chi connectivity index (χ4n) is 2.75. The molecule has 0 spiro atoms. The Morgan fingerprint density at radius 2 is 2.00 bits per heavy atom. The second kappa shape index (κ2) is 5.92. The molecule has 24 heavy (non-hydrogen) atoms. The topological polar surface area (TPSA) is 92.1 Å². The van der Waals surface area contributed by atoms with Crippen molar-refractivity contribution in [3.8, 4) is 0 Å². The summed E-state index contributed by atoms with van der Waals surface area (Å²) in [5.41, 5.74) is 4.71. The third kappa shape index (κ3) is 2.80. The van der Waals surface area contributed by atoms with E-state index in [4.69, 9.17) is 0 Å². The number of aryl methyl sites for hydroxylation is 4. The number of nitrogens with zero attached hydrogens (tertiary/aromatic N) is 3. The van der Waals surface area contributed by atoms with Gasteiger partial charge >= 0.3 is 0 Å². The van der Waals surface area contributed by atoms with Crippen LogP contribution in [0.25, 0.3) is 5.65 Å². The number of rotatable bonds is 3. The molecule has 0 bridgehead atoms. The van der Waals surface area contributed by atoms with Crippen LogP contribution < -0.4 is 10.9 Å². The molecule has 124 valence electrons. The maximum Gasteiger partial charge on any atom is 0.254 e. The molecule has 0 saturated carbocycles. The summed E-state index contributed by atoms with van der Waals surface area (Å²) in [6, 6.07) is 3.73. The highest BCUT2D eigenvalue weighted by atomic mass is 16.2. The minimum absolute atomic E-state index is 0.163. The second-order valence-electron chi connectivity index (χ2n) is 5.94. The van der Waals surface area contributed by atoms with E-state index < -0.39 is 0 Å². The van der Waals surface area contributed by atoms with Gasteiger partial charge in [-0.1, -0.05) is 0 Å². The van der Waals surface area contributed by atoms with Gasteiger partial charge in [0, 0.05) is 30.1 Å². The number of nitrogens with one attached hydrogen (secondary N) is 2. The van der Waals surface area contributed by atoms with Crippen molar-refractivity contribution in [3.05, 3.63) is 62.5 Å². The van der Waals surface area contributed by atoms with Crippen molar-refractivity contribution in [2.24, 2.45) is 0 Å². The number of hydrogen-bond donors (Lipinski definition) is 2. The lowest BCUT2D eigenvalue weighted by Crippen LogP contribution is -2.29. The zero-order valence-corrected chi connectivity index (χ0v) is 14.1. The maximum atomic E-state index is 12.5. The molecule has 7 heteroatoms. The number of carbonyl (C=O) groups is 1. The minimum atomic E-state index is -0.283. The van der Waals surface area contributed by atoms with Gasteiger partial charge in [0.15, 0.2) is 5.65 Å². The summed E-state index contributed by atoms with van der Waals surface area (Å²) in [4.78, 5) is 31.5. The molecule has 0 unspecified atom stereocenters. The summed E-state index contributed by atoms with van der Waals surface area (Å²) in [6.07, 6.45) is 1.54. The summed E-state index contributed by atoms with van der Waals surface area (Å²) in [5, 5.41) is 7.12. The summed E-state index contributed by atoms with van der Waals surface area (Å²) in [7, 11) is 0. The monoisotopic (exact) mass is 325 g/mol. The van der Waals surface area contributed by atoms with Crippen molar-refractivity contribution in [3.63, 3.8) is 0 Å². The van der Waals surface area contributed by atoms with Gasteiger partial charge in [0.05, 0.1) is 17.0 Å². The Morgan fingerprint density at radius 1 is 1.25 bits per heavy atom. The lowest BCUT2D eigenvalue weighted by Gasteiger charge is -2.10. The number of amides is 1. The van der Waals surface area contributed by atoms with E-state index in [0.717, 1.165) is 17.0 Å². The predicted octanol–water partition coefficient (Wildman–Crippen LogP) is 1.58. The standard InChI is InChI=1S/C17H19N5O2/c1-9-5-10(2)20-17(24)13(9)7-19-16(23)14-8-18-15-6-11(3)21-22(15)12(14)4/h5-6,8H,7H2,1-4H3,(H,19,23)(H,20,24). The van der Waals surface area contributed by atoms with Gasteiger partial charge in [-0.05, 0) is 39.3 Å². The average Bonchev–Trinajstić information content (AvgIpc) is 2.87. The van der Waals surface area contributed by atoms with Crippen LogP contribution in [0, 0.1) is 27.7 Å². The molecular weight excluding hydrogens is 306 g/mol. The molecule has 0 aromatic carbocycles. The Morgan fingerprint density at radius 3 is 2.71 bits per heavy atom. The molecule has 1 amide bonds. The first kappa shape index (κ1) is 15.9. The summed E-state index contributed by atoms with van der Waals surface area (Å²) in [5.74, 6) is -0.283. The number of aromatic amines is 1. The van der Waals surface area contributed by atoms with E-state index in [9.17, 15) is 9.59 Å². The van der Waals surface area contributed by atoms with Gasteiger partial charge in [0.1, 0.15) is 0 Å². The molecule has 0 aliphatic rings. The molecule has 7 nitrogen and oxygen atoms in total. The molecule has 3 rings (SSSR count). The largest absolute Gasteiger partial charge is 0.348 e. The van der Waals surface area contributed by atoms with Gasteiger partial charge in [-0.2, -0.15) is 5.10 Å². The molecular formula is C17H19N5O2. The van der Waals surface area contributed by atoms with Crippen molar-refractivity contribution in [1.82, 2.24) is 24.9 Å². The van der Waals surface area contributed by atoms with E-state index >= 15 is 0 Å². The van der Waals surface area contributed by atoms with Crippen LogP contribution in [0.5, 0.6) is 0 Å². The highest BCUT2D eigenvalue weighted by molar-refractivity contribution is 5.95. The van der Waals surface area contributed by atoms with Crippen molar-refractivity contribution < 1.29 is 4.79 Å². The van der Waals surface area contributed by atoms with Crippen molar-refractivity contribution >= 4 is 11.6 Å². The van der Waals surface area contributed by atoms with Gasteiger partial charge in [-0.3, -0.25) is 9.59 Å². The van der Waals surface area contributed by atoms with Gasteiger partial charge in [0.2, 0.25) is 0 Å². The molecule has 2 N–H and O–H groups in total. The third-order valence-electron chi connectivity index (χ3n) is 4.01. The van der Waals surface area contributed by atoms with Crippen LogP contribution in [0.1, 0.15) is 38.6 Å². The number of pyridine rings is 1. The Balaban J connectivity index is 1.86. The molecule has 0 aliphatic carbocycles. The molecule has 3 aromatic heterocycles. The maximum absolute atomic E-state index is 12.5. The Hall–Kier alpha value is -2.96. The van der Waals surface area contributed by atoms with E-state index in [1.54, 1.807) is 4.52 Å². The summed E-state index contributed by atoms with van der Waals surface area (Å²) < 4.78 is 1.65. The highest BCUT2D eigenvalue weighted by Gasteiger charge is 2.15. The van der Waals surface area contributed by atoms with Crippen LogP contribution in [0.2, 0.25) is 0 Å². The first-order chi connectivity index (χ1) is 11.4. The molecule has 3 aromatic rings. The van der Waals surface area contributed by atoms with Crippen LogP contribution >= 0.6 is 0 Å². The van der Waals surface area contributed by atoms with Gasteiger partial charge in [-0.25, -0.2) is 9.50 Å². The molecule has 0 radical (unpaired) electrons. The van der Waals surface area contributed by atoms with Gasteiger partial charge in [0.25, 0.3) is 11.5 Å². The van der Waals surface area contributed by atoms with Crippen LogP contribution in [0.3, 0.4) is 0 Å². The predicted molar refractivity (Wildman–Crippen MR) is 90.2 cm³/mol. The van der Waals surface area contributed by atoms with Crippen molar-refractivity contribution in [1.29, 1.82) is 0 Å². The number of carbonyl (C=O) groups excluding carboxylic acids is 1. The van der Waals surface area contributed by atoms with E-state index in [1.165, 1.54) is 6.20 Å². The highest BCUT2D eigenvalue weighted by Crippen LogP contribution is 2.11. The van der Waals surface area contributed by atoms with E-state index in [0.29, 0.717) is 22.5 Å². The lowest BCUT2D eigenvalue weighted by atomic mass is 10.1. The SMILES string of the molecule is Cc1cc2ncc(C(=O)NCc3c(C)cc(C)[nH]c3=O)c(C)n2n1. The van der Waals surface area contributed by atoms with Crippen LogP contribution in [0.4, 0.5) is 0 Å². The Labute approximate surface area is 138 Å². The molecule has 0 fully saturated rings. The van der Waals surface area contributed by atoms with Crippen LogP contribution in [0.15, 0.2) is 23.1 Å². The minimum Gasteiger partial charge on any atom is -0.348 e.